The first kappa shape index (κ1) is 32.6. The van der Waals surface area contributed by atoms with Crippen LogP contribution in [0, 0.1) is 0 Å². The topological polar surface area (TPSA) is 170 Å². The van der Waals surface area contributed by atoms with Crippen LogP contribution in [0.1, 0.15) is 20.7 Å². The van der Waals surface area contributed by atoms with Crippen molar-refractivity contribution in [3.63, 3.8) is 0 Å². The van der Waals surface area contributed by atoms with Gasteiger partial charge in [0.25, 0.3) is 0 Å². The Morgan fingerprint density at radius 1 is 0.500 bits per heavy atom. The monoisotopic (exact) mass is 528 g/mol. The molecule has 4 rings (SSSR count). The van der Waals surface area contributed by atoms with Crippen LogP contribution in [0.2, 0.25) is 0 Å². The number of hydrogen-bond donors (Lipinski definition) is 2. The third-order valence-electron chi connectivity index (χ3n) is 4.47. The number of azo groups is 2. The second-order valence-electron chi connectivity index (χ2n) is 7.05. The van der Waals surface area contributed by atoms with Crippen LogP contribution in [0.5, 0.6) is 11.5 Å². The zero-order valence-corrected chi connectivity index (χ0v) is 24.6. The molecule has 0 aromatic heterocycles. The molecule has 2 N–H and O–H groups in total. The Labute approximate surface area is 262 Å². The molecule has 0 bridgehead atoms. The third-order valence-corrected chi connectivity index (χ3v) is 4.47. The van der Waals surface area contributed by atoms with Crippen molar-refractivity contribution < 1.29 is 89.1 Å². The Morgan fingerprint density at radius 2 is 0.816 bits per heavy atom. The molecule has 0 amide bonds. The first-order valence-corrected chi connectivity index (χ1v) is 10.4. The van der Waals surface area contributed by atoms with Gasteiger partial charge in [-0.3, -0.25) is 0 Å². The van der Waals surface area contributed by atoms with Gasteiger partial charge in [-0.15, -0.1) is 0 Å². The van der Waals surface area contributed by atoms with Gasteiger partial charge in [0.15, 0.2) is 0 Å². The van der Waals surface area contributed by atoms with E-state index in [2.05, 4.69) is 20.5 Å². The van der Waals surface area contributed by atoms with E-state index in [0.29, 0.717) is 22.7 Å². The molecule has 4 aromatic rings. The maximum absolute atomic E-state index is 10.7. The fourth-order valence-electron chi connectivity index (χ4n) is 2.72. The summed E-state index contributed by atoms with van der Waals surface area (Å²) in [6, 6.07) is 25.9. The second-order valence-corrected chi connectivity index (χ2v) is 7.05. The SMILES string of the molecule is O=C([O-])c1cc(N=Nc2ccccc2)ccc1O.O=C([O-])c1cc(N=Nc2ccccc2)ccc1O.[Na+].[Na+]. The Balaban J connectivity index is 0.000000361. The maximum Gasteiger partial charge on any atom is 1.00 e. The van der Waals surface area contributed by atoms with Gasteiger partial charge >= 0.3 is 59.1 Å². The molecule has 180 valence electrons. The first-order valence-electron chi connectivity index (χ1n) is 10.4. The number of phenols is 2. The normalized spacial score (nSPS) is 10.1. The van der Waals surface area contributed by atoms with Gasteiger partial charge in [-0.1, -0.05) is 36.4 Å². The number of hydrogen-bond acceptors (Lipinski definition) is 10. The van der Waals surface area contributed by atoms with E-state index in [1.54, 1.807) is 24.3 Å². The Morgan fingerprint density at radius 3 is 1.13 bits per heavy atom. The molecule has 0 aliphatic heterocycles. The van der Waals surface area contributed by atoms with Crippen molar-refractivity contribution in [2.45, 2.75) is 0 Å². The van der Waals surface area contributed by atoms with Gasteiger partial charge in [0, 0.05) is 11.1 Å². The van der Waals surface area contributed by atoms with Gasteiger partial charge in [-0.05, 0) is 60.7 Å². The summed E-state index contributed by atoms with van der Waals surface area (Å²) in [6.07, 6.45) is 0. The van der Waals surface area contributed by atoms with E-state index in [-0.39, 0.29) is 81.7 Å². The van der Waals surface area contributed by atoms with Crippen molar-refractivity contribution >= 4 is 34.7 Å². The molecule has 38 heavy (non-hydrogen) atoms. The van der Waals surface area contributed by atoms with Crippen LogP contribution in [0.15, 0.2) is 118 Å². The molecule has 0 unspecified atom stereocenters. The molecule has 0 atom stereocenters. The van der Waals surface area contributed by atoms with Crippen molar-refractivity contribution in [3.05, 3.63) is 108 Å². The Kier molecular flexibility index (Phi) is 14.1. The molecule has 0 heterocycles. The number of aromatic carboxylic acids is 2. The molecule has 0 radical (unpaired) electrons. The molecule has 10 nitrogen and oxygen atoms in total. The summed E-state index contributed by atoms with van der Waals surface area (Å²) in [5.74, 6) is -3.61. The number of carbonyl (C=O) groups excluding carboxylic acids is 2. The zero-order chi connectivity index (χ0) is 25.9. The average molecular weight is 528 g/mol. The molecule has 4 aromatic carbocycles. The first-order chi connectivity index (χ1) is 17.3. The molecule has 0 aliphatic carbocycles. The third kappa shape index (κ3) is 10.2. The number of aromatic hydroxyl groups is 2. The van der Waals surface area contributed by atoms with Gasteiger partial charge < -0.3 is 30.0 Å². The fraction of sp³-hybridized carbons (Fsp3) is 0. The van der Waals surface area contributed by atoms with Crippen LogP contribution in [-0.4, -0.2) is 22.2 Å². The summed E-state index contributed by atoms with van der Waals surface area (Å²) in [5, 5.41) is 55.6. The van der Waals surface area contributed by atoms with E-state index in [1.165, 1.54) is 36.4 Å². The minimum Gasteiger partial charge on any atom is -0.545 e. The van der Waals surface area contributed by atoms with E-state index in [4.69, 9.17) is 0 Å². The van der Waals surface area contributed by atoms with Crippen molar-refractivity contribution in [3.8, 4) is 11.5 Å². The van der Waals surface area contributed by atoms with Crippen LogP contribution >= 0.6 is 0 Å². The number of carbonyl (C=O) groups is 2. The number of nitrogens with zero attached hydrogens (tertiary/aromatic N) is 4. The minimum atomic E-state index is -1.45. The molecular formula is C26H18N4Na2O6. The van der Waals surface area contributed by atoms with Crippen LogP contribution in [0.25, 0.3) is 0 Å². The van der Waals surface area contributed by atoms with Crippen LogP contribution in [0.4, 0.5) is 22.7 Å². The van der Waals surface area contributed by atoms with E-state index in [1.807, 2.05) is 36.4 Å². The van der Waals surface area contributed by atoms with Crippen molar-refractivity contribution in [1.29, 1.82) is 0 Å². The van der Waals surface area contributed by atoms with Gasteiger partial charge in [0.1, 0.15) is 11.5 Å². The van der Waals surface area contributed by atoms with Crippen LogP contribution in [-0.2, 0) is 0 Å². The summed E-state index contributed by atoms with van der Waals surface area (Å²) in [4.78, 5) is 21.4. The summed E-state index contributed by atoms with van der Waals surface area (Å²) < 4.78 is 0. The second kappa shape index (κ2) is 16.5. The summed E-state index contributed by atoms with van der Waals surface area (Å²) in [6.45, 7) is 0. The number of rotatable bonds is 6. The molecule has 0 saturated heterocycles. The number of carboxylic acid groups (broad SMARTS) is 2. The predicted molar refractivity (Wildman–Crippen MR) is 126 cm³/mol. The molecule has 0 aliphatic rings. The summed E-state index contributed by atoms with van der Waals surface area (Å²) in [5.41, 5.74) is 1.35. The average Bonchev–Trinajstić information content (AvgIpc) is 2.89. The van der Waals surface area contributed by atoms with Crippen LogP contribution in [0.3, 0.4) is 0 Å². The largest absolute Gasteiger partial charge is 1.00 e. The van der Waals surface area contributed by atoms with Gasteiger partial charge in [-0.2, -0.15) is 20.5 Å². The van der Waals surface area contributed by atoms with Gasteiger partial charge in [0.05, 0.1) is 34.7 Å². The van der Waals surface area contributed by atoms with Gasteiger partial charge in [-0.25, -0.2) is 0 Å². The quantitative estimate of drug-likeness (QED) is 0.224. The van der Waals surface area contributed by atoms with Crippen molar-refractivity contribution in [2.24, 2.45) is 20.5 Å². The van der Waals surface area contributed by atoms with E-state index >= 15 is 0 Å². The minimum absolute atomic E-state index is 0. The standard InChI is InChI=1S/2C13H10N2O3.2Na/c2*16-12-7-6-10(8-11(12)13(17)18)15-14-9-4-2-1-3-5-9;;/h2*1-8,16H,(H,17,18);;/q;;2*+1/p-2. The number of carboxylic acids is 2. The zero-order valence-electron chi connectivity index (χ0n) is 20.6. The molecular weight excluding hydrogens is 510 g/mol. The summed E-state index contributed by atoms with van der Waals surface area (Å²) in [7, 11) is 0. The fourth-order valence-corrected chi connectivity index (χ4v) is 2.72. The van der Waals surface area contributed by atoms with Crippen molar-refractivity contribution in [1.82, 2.24) is 0 Å². The molecule has 0 fully saturated rings. The summed E-state index contributed by atoms with van der Waals surface area (Å²) >= 11 is 0. The Bertz CT molecular complexity index is 1310. The van der Waals surface area contributed by atoms with Gasteiger partial charge in [0.2, 0.25) is 0 Å². The van der Waals surface area contributed by atoms with Crippen LogP contribution < -0.4 is 69.3 Å². The van der Waals surface area contributed by atoms with E-state index in [9.17, 15) is 30.0 Å². The van der Waals surface area contributed by atoms with Crippen molar-refractivity contribution in [2.75, 3.05) is 0 Å². The maximum atomic E-state index is 10.7. The van der Waals surface area contributed by atoms with E-state index < -0.39 is 11.9 Å². The molecule has 0 saturated carbocycles. The Hall–Kier alpha value is -3.38. The smallest absolute Gasteiger partial charge is 0.545 e. The van der Waals surface area contributed by atoms with E-state index in [0.717, 1.165) is 0 Å². The molecule has 0 spiro atoms. The molecule has 12 heteroatoms. The number of benzene rings is 4. The predicted octanol–water partition coefficient (Wildman–Crippen LogP) is -1.65.